The molecule has 2 unspecified atom stereocenters. The number of amides is 2. The van der Waals surface area contributed by atoms with Crippen molar-refractivity contribution in [1.82, 2.24) is 39.7 Å². The average molecular weight is 805 g/mol. The molecule has 0 spiro atoms. The number of carbonyl (C=O) groups excluding carboxylic acids is 2. The number of aromatic nitrogens is 6. The molecule has 2 N–H and O–H groups in total. The van der Waals surface area contributed by atoms with E-state index >= 15 is 0 Å². The Hall–Kier alpha value is -6.53. The van der Waals surface area contributed by atoms with E-state index in [2.05, 4.69) is 48.5 Å². The van der Waals surface area contributed by atoms with Gasteiger partial charge in [0.05, 0.1) is 17.4 Å². The third-order valence-electron chi connectivity index (χ3n) is 10.9. The van der Waals surface area contributed by atoms with E-state index in [1.165, 1.54) is 12.4 Å². The number of hydrogen-bond acceptors (Lipinski definition) is 10. The lowest BCUT2D eigenvalue weighted by Gasteiger charge is -2.36. The molecule has 0 radical (unpaired) electrons. The van der Waals surface area contributed by atoms with Crippen LogP contribution in [0.1, 0.15) is 70.4 Å². The van der Waals surface area contributed by atoms with Crippen LogP contribution in [0.25, 0.3) is 21.9 Å². The van der Waals surface area contributed by atoms with Crippen LogP contribution in [0.2, 0.25) is 5.02 Å². The van der Waals surface area contributed by atoms with Crippen LogP contribution in [-0.4, -0.2) is 64.6 Å². The highest BCUT2D eigenvalue weighted by Crippen LogP contribution is 2.35. The summed E-state index contributed by atoms with van der Waals surface area (Å²) in [5.41, 5.74) is 6.75. The summed E-state index contributed by atoms with van der Waals surface area (Å²) in [6.07, 6.45) is 18.0. The third-order valence-corrected chi connectivity index (χ3v) is 11.1. The van der Waals surface area contributed by atoms with Crippen LogP contribution >= 0.6 is 11.6 Å². The first-order valence-corrected chi connectivity index (χ1v) is 20.3. The second-order valence-corrected chi connectivity index (χ2v) is 15.6. The minimum absolute atomic E-state index is 0.0742. The number of pyridine rings is 4. The van der Waals surface area contributed by atoms with Gasteiger partial charge in [0.2, 0.25) is 5.95 Å². The van der Waals surface area contributed by atoms with Gasteiger partial charge in [-0.25, -0.2) is 19.9 Å². The molecule has 0 bridgehead atoms. The molecule has 2 atom stereocenters. The van der Waals surface area contributed by atoms with Gasteiger partial charge < -0.3 is 20.4 Å². The Morgan fingerprint density at radius 1 is 0.797 bits per heavy atom. The monoisotopic (exact) mass is 804 g/mol. The van der Waals surface area contributed by atoms with E-state index in [0.717, 1.165) is 70.2 Å². The van der Waals surface area contributed by atoms with Gasteiger partial charge in [0.1, 0.15) is 17.2 Å². The van der Waals surface area contributed by atoms with Crippen LogP contribution in [0.5, 0.6) is 0 Å². The lowest BCUT2D eigenvalue weighted by molar-refractivity contribution is 0.0747. The number of allylic oxidation sites excluding steroid dienone is 2. The maximum Gasteiger partial charge on any atom is 0.277 e. The summed E-state index contributed by atoms with van der Waals surface area (Å²) in [5, 5.41) is 8.70. The van der Waals surface area contributed by atoms with Crippen molar-refractivity contribution in [2.45, 2.75) is 52.9 Å². The molecule has 2 aliphatic heterocycles. The standard InChI is InChI=1S/C46H45ClN10O2/c1-29-12-15-41(50-22-29)51-27-39-30(2)8-6-18-56(39)45(59)43-38(14-13-31(3)55-43)35-21-32(23-48-24-35)20-34-10-7-19-57(40(34)28-54-46-52-25-36(47)26-53-46)44(58)42-37-11-5-4-9-33(37)16-17-49-42/h4-5,9,11-17,21-28,30,34H,6-8,10,18-20H2,1-3H3,(H,50,51)(H,52,53,54)/b39-27+,40-28+. The molecule has 5 aromatic heterocycles. The van der Waals surface area contributed by atoms with Crippen molar-refractivity contribution >= 4 is 46.0 Å². The van der Waals surface area contributed by atoms with Gasteiger partial charge in [-0.1, -0.05) is 54.9 Å². The van der Waals surface area contributed by atoms with Gasteiger partial charge in [0.15, 0.2) is 0 Å². The van der Waals surface area contributed by atoms with E-state index in [4.69, 9.17) is 16.6 Å². The normalized spacial score (nSPS) is 18.3. The number of nitrogens with zero attached hydrogens (tertiary/aromatic N) is 8. The highest BCUT2D eigenvalue weighted by molar-refractivity contribution is 6.30. The van der Waals surface area contributed by atoms with Crippen molar-refractivity contribution in [2.24, 2.45) is 11.8 Å². The molecule has 7 heterocycles. The fourth-order valence-electron chi connectivity index (χ4n) is 7.91. The average Bonchev–Trinajstić information content (AvgIpc) is 3.26. The van der Waals surface area contributed by atoms with Gasteiger partial charge in [-0.3, -0.25) is 19.6 Å². The Labute approximate surface area is 348 Å². The Bertz CT molecular complexity index is 2550. The van der Waals surface area contributed by atoms with Crippen LogP contribution in [0.15, 0.2) is 122 Å². The molecule has 59 heavy (non-hydrogen) atoms. The quantitative estimate of drug-likeness (QED) is 0.145. The van der Waals surface area contributed by atoms with Gasteiger partial charge in [0, 0.05) is 89.8 Å². The van der Waals surface area contributed by atoms with E-state index in [-0.39, 0.29) is 23.7 Å². The molecule has 13 heteroatoms. The number of anilines is 2. The van der Waals surface area contributed by atoms with Crippen LogP contribution < -0.4 is 10.6 Å². The number of piperidine rings is 2. The van der Waals surface area contributed by atoms with E-state index < -0.39 is 0 Å². The fourth-order valence-corrected chi connectivity index (χ4v) is 8.01. The SMILES string of the molecule is Cc1ccc(N/C=C2\C(C)CCCN2C(=O)c2nc(C)ccc2-c2cncc(CC3CCCN(C(=O)c4nccc5ccccc45)/C3=C/Nc3ncc(Cl)cn3)c2)nc1. The first-order chi connectivity index (χ1) is 28.7. The molecule has 6 aromatic rings. The number of fused-ring (bicyclic) bond motifs is 1. The summed E-state index contributed by atoms with van der Waals surface area (Å²) in [4.78, 5) is 59.9. The largest absolute Gasteiger partial charge is 0.345 e. The smallest absolute Gasteiger partial charge is 0.277 e. The Balaban J connectivity index is 1.10. The van der Waals surface area contributed by atoms with Crippen molar-refractivity contribution in [2.75, 3.05) is 23.7 Å². The number of halogens is 1. The van der Waals surface area contributed by atoms with E-state index in [9.17, 15) is 9.59 Å². The third kappa shape index (κ3) is 8.83. The van der Waals surface area contributed by atoms with Crippen LogP contribution in [0.3, 0.4) is 0 Å². The molecule has 2 amide bonds. The highest BCUT2D eigenvalue weighted by Gasteiger charge is 2.33. The summed E-state index contributed by atoms with van der Waals surface area (Å²) in [5.74, 6) is 0.824. The number of carbonyl (C=O) groups is 2. The van der Waals surface area contributed by atoms with E-state index in [1.807, 2.05) is 103 Å². The zero-order valence-corrected chi connectivity index (χ0v) is 34.0. The molecular weight excluding hydrogens is 760 g/mol. The second-order valence-electron chi connectivity index (χ2n) is 15.2. The zero-order chi connectivity index (χ0) is 40.9. The number of aryl methyl sites for hydroxylation is 2. The topological polar surface area (TPSA) is 142 Å². The number of hydrogen-bond donors (Lipinski definition) is 2. The Kier molecular flexibility index (Phi) is 11.7. The van der Waals surface area contributed by atoms with Crippen molar-refractivity contribution in [1.29, 1.82) is 0 Å². The maximum atomic E-state index is 14.6. The van der Waals surface area contributed by atoms with Gasteiger partial charge in [0.25, 0.3) is 11.8 Å². The Morgan fingerprint density at radius 2 is 1.56 bits per heavy atom. The van der Waals surface area contributed by atoms with Crippen LogP contribution in [-0.2, 0) is 6.42 Å². The molecular formula is C46H45ClN10O2. The Morgan fingerprint density at radius 3 is 2.37 bits per heavy atom. The van der Waals surface area contributed by atoms with Crippen molar-refractivity contribution < 1.29 is 9.59 Å². The minimum Gasteiger partial charge on any atom is -0.345 e. The molecule has 2 saturated heterocycles. The van der Waals surface area contributed by atoms with Gasteiger partial charge >= 0.3 is 0 Å². The van der Waals surface area contributed by atoms with Crippen molar-refractivity contribution in [3.63, 3.8) is 0 Å². The predicted octanol–water partition coefficient (Wildman–Crippen LogP) is 9.02. The lowest BCUT2D eigenvalue weighted by atomic mass is 9.87. The predicted molar refractivity (Wildman–Crippen MR) is 230 cm³/mol. The summed E-state index contributed by atoms with van der Waals surface area (Å²) in [6.45, 7) is 7.15. The van der Waals surface area contributed by atoms with Gasteiger partial charge in [-0.15, -0.1) is 0 Å². The zero-order valence-electron chi connectivity index (χ0n) is 33.3. The molecule has 1 aromatic carbocycles. The maximum absolute atomic E-state index is 14.6. The molecule has 0 aliphatic carbocycles. The minimum atomic E-state index is -0.178. The van der Waals surface area contributed by atoms with E-state index in [1.54, 1.807) is 12.4 Å². The molecule has 12 nitrogen and oxygen atoms in total. The molecule has 8 rings (SSSR count). The summed E-state index contributed by atoms with van der Waals surface area (Å²) < 4.78 is 0. The van der Waals surface area contributed by atoms with Crippen LogP contribution in [0.4, 0.5) is 11.8 Å². The summed E-state index contributed by atoms with van der Waals surface area (Å²) in [7, 11) is 0. The first-order valence-electron chi connectivity index (χ1n) is 19.9. The fraction of sp³-hybridized carbons (Fsp3) is 0.261. The number of nitrogens with one attached hydrogen (secondary N) is 2. The van der Waals surface area contributed by atoms with Gasteiger partial charge in [-0.2, -0.15) is 0 Å². The summed E-state index contributed by atoms with van der Waals surface area (Å²) >= 11 is 6.07. The first kappa shape index (κ1) is 39.3. The number of likely N-dealkylation sites (tertiary alicyclic amines) is 2. The van der Waals surface area contributed by atoms with Gasteiger partial charge in [-0.05, 0) is 92.6 Å². The van der Waals surface area contributed by atoms with Crippen LogP contribution in [0, 0.1) is 25.7 Å². The number of benzene rings is 1. The van der Waals surface area contributed by atoms with E-state index in [0.29, 0.717) is 53.3 Å². The highest BCUT2D eigenvalue weighted by atomic mass is 35.5. The lowest BCUT2D eigenvalue weighted by Crippen LogP contribution is -2.39. The summed E-state index contributed by atoms with van der Waals surface area (Å²) in [6, 6.07) is 19.6. The molecule has 2 aliphatic rings. The second kappa shape index (κ2) is 17.5. The van der Waals surface area contributed by atoms with Crippen molar-refractivity contribution in [3.05, 3.63) is 155 Å². The molecule has 0 saturated carbocycles. The molecule has 298 valence electrons. The number of rotatable bonds is 9. The van der Waals surface area contributed by atoms with Crippen molar-refractivity contribution in [3.8, 4) is 11.1 Å². The molecule has 2 fully saturated rings.